The van der Waals surface area contributed by atoms with Crippen molar-refractivity contribution in [2.75, 3.05) is 13.2 Å². The van der Waals surface area contributed by atoms with Crippen LogP contribution in [0, 0.1) is 11.6 Å². The second kappa shape index (κ2) is 13.5. The van der Waals surface area contributed by atoms with Crippen LogP contribution in [0.1, 0.15) is 48.9 Å². The molecule has 0 spiro atoms. The van der Waals surface area contributed by atoms with Gasteiger partial charge in [0.2, 0.25) is 5.54 Å². The molecule has 3 heterocycles. The number of imidazole rings is 1. The van der Waals surface area contributed by atoms with Gasteiger partial charge in [0.05, 0.1) is 42.8 Å². The summed E-state index contributed by atoms with van der Waals surface area (Å²) in [5, 5.41) is 19.6. The molecule has 4 N–H and O–H groups in total. The number of phosphoric acid groups is 1. The third kappa shape index (κ3) is 7.11. The number of H-pyrrole nitrogens is 1. The Kier molecular flexibility index (Phi) is 9.73. The van der Waals surface area contributed by atoms with E-state index in [2.05, 4.69) is 24.7 Å². The number of benzene rings is 2. The fourth-order valence-corrected chi connectivity index (χ4v) is 5.48. The number of fused-ring (bicyclic) bond motifs is 1. The van der Waals surface area contributed by atoms with Gasteiger partial charge in [-0.2, -0.15) is 18.3 Å². The first-order chi connectivity index (χ1) is 22.6. The van der Waals surface area contributed by atoms with Crippen LogP contribution in [0.4, 0.5) is 22.0 Å². The normalized spacial score (nSPS) is 14.5. The molecule has 0 fully saturated rings. The molecule has 1 aliphatic rings. The van der Waals surface area contributed by atoms with Crippen molar-refractivity contribution in [1.82, 2.24) is 20.1 Å². The molecule has 0 aliphatic carbocycles. The molecule has 1 aliphatic heterocycles. The molecule has 2 aromatic carbocycles. The standard InChI is InChI=1S/C29H27F5N5O8P/c1-2-10-45-16-7-8-17(19(12-16)29(32,33)34)21-13-24(47-38-21)28(27(40)41,9-4-11-46-48(42,43)44)39-15-23-22(14-35-39)36-26(37-23)18-5-3-6-20(30)25(18)31/h3,5-8,12-14H,2,4,9-11,15H2,1H3,(H,36,37)(H,40,41)(H2,42,43,44). The Bertz CT molecular complexity index is 1890. The molecule has 13 nitrogen and oxygen atoms in total. The number of carboxylic acids is 1. The number of carboxylic acid groups (broad SMARTS) is 1. The highest BCUT2D eigenvalue weighted by Gasteiger charge is 2.51. The highest BCUT2D eigenvalue weighted by Crippen LogP contribution is 2.43. The lowest BCUT2D eigenvalue weighted by Gasteiger charge is -2.37. The average Bonchev–Trinajstić information content (AvgIpc) is 3.68. The number of hydrazone groups is 1. The van der Waals surface area contributed by atoms with Crippen molar-refractivity contribution < 1.29 is 60.0 Å². The molecule has 0 saturated carbocycles. The number of nitrogens with one attached hydrogen (secondary N) is 1. The lowest BCUT2D eigenvalue weighted by Crippen LogP contribution is -2.50. The van der Waals surface area contributed by atoms with Gasteiger partial charge in [-0.25, -0.2) is 23.1 Å². The van der Waals surface area contributed by atoms with Crippen LogP contribution in [0.5, 0.6) is 5.75 Å². The van der Waals surface area contributed by atoms with Crippen molar-refractivity contribution >= 4 is 20.0 Å². The van der Waals surface area contributed by atoms with Gasteiger partial charge in [-0.3, -0.25) is 9.53 Å². The van der Waals surface area contributed by atoms with Gasteiger partial charge in [-0.15, -0.1) is 0 Å². The number of halogens is 5. The highest BCUT2D eigenvalue weighted by atomic mass is 31.2. The van der Waals surface area contributed by atoms with E-state index in [0.717, 1.165) is 35.5 Å². The van der Waals surface area contributed by atoms with E-state index in [0.29, 0.717) is 6.42 Å². The van der Waals surface area contributed by atoms with Gasteiger partial charge in [0.15, 0.2) is 17.4 Å². The van der Waals surface area contributed by atoms with Gasteiger partial charge < -0.3 is 29.1 Å². The Morgan fingerprint density at radius 3 is 2.58 bits per heavy atom. The summed E-state index contributed by atoms with van der Waals surface area (Å²) in [5.74, 6) is -4.53. The second-order valence-electron chi connectivity index (χ2n) is 10.6. The van der Waals surface area contributed by atoms with E-state index in [1.165, 1.54) is 18.2 Å². The largest absolute Gasteiger partial charge is 0.494 e. The number of rotatable bonds is 13. The smallest absolute Gasteiger partial charge is 0.469 e. The summed E-state index contributed by atoms with van der Waals surface area (Å²) < 4.78 is 97.3. The summed E-state index contributed by atoms with van der Waals surface area (Å²) >= 11 is 0. The van der Waals surface area contributed by atoms with Crippen LogP contribution in [0.25, 0.3) is 22.6 Å². The summed E-state index contributed by atoms with van der Waals surface area (Å²) in [6, 6.07) is 7.65. The Labute approximate surface area is 268 Å². The van der Waals surface area contributed by atoms with Crippen LogP contribution in [0.3, 0.4) is 0 Å². The molecule has 256 valence electrons. The summed E-state index contributed by atoms with van der Waals surface area (Å²) in [6.07, 6.45) is -4.00. The van der Waals surface area contributed by atoms with Gasteiger partial charge in [0, 0.05) is 11.6 Å². The van der Waals surface area contributed by atoms with Crippen molar-refractivity contribution in [2.45, 2.75) is 44.4 Å². The quantitative estimate of drug-likeness (QED) is 0.0748. The van der Waals surface area contributed by atoms with Crippen molar-refractivity contribution in [3.8, 4) is 28.4 Å². The van der Waals surface area contributed by atoms with Crippen LogP contribution in [0.15, 0.2) is 52.1 Å². The minimum atomic E-state index is -4.94. The number of carbonyl (C=O) groups is 1. The van der Waals surface area contributed by atoms with Gasteiger partial charge in [-0.1, -0.05) is 18.1 Å². The molecule has 48 heavy (non-hydrogen) atoms. The third-order valence-electron chi connectivity index (χ3n) is 7.34. The van der Waals surface area contributed by atoms with Gasteiger partial charge in [0.1, 0.15) is 23.0 Å². The van der Waals surface area contributed by atoms with Crippen LogP contribution in [-0.2, 0) is 32.1 Å². The maximum Gasteiger partial charge on any atom is 0.469 e. The predicted molar refractivity (Wildman–Crippen MR) is 156 cm³/mol. The van der Waals surface area contributed by atoms with E-state index in [4.69, 9.17) is 19.0 Å². The molecule has 0 bridgehead atoms. The lowest BCUT2D eigenvalue weighted by molar-refractivity contribution is -0.156. The first-order valence-electron chi connectivity index (χ1n) is 14.2. The molecule has 19 heteroatoms. The number of hydrogen-bond acceptors (Lipinski definition) is 9. The molecule has 0 radical (unpaired) electrons. The SMILES string of the molecule is CCCOc1ccc(-c2cc(C(CCCOP(=O)(O)O)(C(=O)O)N3Cc4[nH]c(-c5cccc(F)c5F)nc4C=N3)on2)c(C(F)(F)F)c1. The molecule has 5 rings (SSSR count). The Hall–Kier alpha value is -4.64. The summed E-state index contributed by atoms with van der Waals surface area (Å²) in [5.41, 5.74) is -4.11. The number of aromatic nitrogens is 3. The Balaban J connectivity index is 1.55. The van der Waals surface area contributed by atoms with Crippen molar-refractivity contribution in [3.05, 3.63) is 76.8 Å². The fourth-order valence-electron chi connectivity index (χ4n) is 5.11. The number of ether oxygens (including phenoxy) is 1. The maximum absolute atomic E-state index is 14.5. The van der Waals surface area contributed by atoms with Crippen LogP contribution >= 0.6 is 7.82 Å². The van der Waals surface area contributed by atoms with E-state index >= 15 is 0 Å². The summed E-state index contributed by atoms with van der Waals surface area (Å²) in [7, 11) is -4.94. The Morgan fingerprint density at radius 2 is 1.90 bits per heavy atom. The number of aromatic amines is 1. The predicted octanol–water partition coefficient (Wildman–Crippen LogP) is 5.84. The lowest BCUT2D eigenvalue weighted by atomic mass is 9.88. The number of aliphatic carboxylic acids is 1. The third-order valence-corrected chi connectivity index (χ3v) is 7.86. The Morgan fingerprint density at radius 1 is 1.12 bits per heavy atom. The molecule has 1 unspecified atom stereocenters. The van der Waals surface area contributed by atoms with E-state index in [1.807, 2.05) is 0 Å². The van der Waals surface area contributed by atoms with E-state index in [1.54, 1.807) is 6.92 Å². The molecule has 2 aromatic heterocycles. The number of hydrogen-bond donors (Lipinski definition) is 4. The molecular formula is C29H27F5N5O8P. The fraction of sp³-hybridized carbons (Fsp3) is 0.310. The van der Waals surface area contributed by atoms with Crippen molar-refractivity contribution in [3.63, 3.8) is 0 Å². The van der Waals surface area contributed by atoms with Crippen LogP contribution < -0.4 is 4.74 Å². The zero-order valence-corrected chi connectivity index (χ0v) is 25.8. The van der Waals surface area contributed by atoms with Crippen LogP contribution in [0.2, 0.25) is 0 Å². The van der Waals surface area contributed by atoms with Gasteiger partial charge >= 0.3 is 20.0 Å². The minimum Gasteiger partial charge on any atom is -0.494 e. The monoisotopic (exact) mass is 699 g/mol. The van der Waals surface area contributed by atoms with E-state index < -0.39 is 67.1 Å². The topological polar surface area (TPSA) is 184 Å². The average molecular weight is 700 g/mol. The zero-order valence-electron chi connectivity index (χ0n) is 24.9. The first-order valence-corrected chi connectivity index (χ1v) is 15.8. The van der Waals surface area contributed by atoms with Gasteiger partial charge in [0.25, 0.3) is 0 Å². The minimum absolute atomic E-state index is 0.0444. The second-order valence-corrected chi connectivity index (χ2v) is 11.8. The number of phosphoric ester groups is 1. The maximum atomic E-state index is 14.5. The van der Waals surface area contributed by atoms with Gasteiger partial charge in [-0.05, 0) is 49.6 Å². The molecular weight excluding hydrogens is 672 g/mol. The summed E-state index contributed by atoms with van der Waals surface area (Å²) in [6.45, 7) is 0.971. The molecule has 1 atom stereocenters. The zero-order chi connectivity index (χ0) is 34.9. The van der Waals surface area contributed by atoms with E-state index in [9.17, 15) is 36.4 Å². The van der Waals surface area contributed by atoms with E-state index in [-0.39, 0.29) is 53.8 Å². The molecule has 0 saturated heterocycles. The first kappa shape index (κ1) is 34.7. The number of nitrogens with zero attached hydrogens (tertiary/aromatic N) is 4. The molecule has 4 aromatic rings. The highest BCUT2D eigenvalue weighted by molar-refractivity contribution is 7.46. The molecule has 0 amide bonds. The van der Waals surface area contributed by atoms with Crippen molar-refractivity contribution in [1.29, 1.82) is 0 Å². The number of alkyl halides is 3. The summed E-state index contributed by atoms with van der Waals surface area (Å²) in [4.78, 5) is 38.4. The van der Waals surface area contributed by atoms with Crippen LogP contribution in [-0.4, -0.2) is 60.4 Å². The van der Waals surface area contributed by atoms with Crippen molar-refractivity contribution in [2.24, 2.45) is 5.10 Å².